The van der Waals surface area contributed by atoms with Gasteiger partial charge in [-0.1, -0.05) is 0 Å². The van der Waals surface area contributed by atoms with Crippen LogP contribution < -0.4 is 10.6 Å². The van der Waals surface area contributed by atoms with Crippen LogP contribution in [0.2, 0.25) is 0 Å². The molecule has 0 aliphatic rings. The average molecular weight is 294 g/mol. The van der Waals surface area contributed by atoms with Gasteiger partial charge in [-0.3, -0.25) is 10.1 Å². The number of nitrogens with one attached hydrogen (secondary N) is 2. The number of benzene rings is 1. The van der Waals surface area contributed by atoms with Crippen LogP contribution in [0.3, 0.4) is 0 Å². The number of carbonyl (C=O) groups is 2. The van der Waals surface area contributed by atoms with Crippen molar-refractivity contribution < 1.29 is 31.9 Å². The first-order chi connectivity index (χ1) is 9.21. The first kappa shape index (κ1) is 15.7. The van der Waals surface area contributed by atoms with E-state index in [1.54, 1.807) is 0 Å². The van der Waals surface area contributed by atoms with Gasteiger partial charge in [0.1, 0.15) is 12.2 Å². The second-order valence-corrected chi connectivity index (χ2v) is 3.65. The molecule has 2 N–H and O–H groups in total. The number of hydrogen-bond donors (Lipinski definition) is 2. The summed E-state index contributed by atoms with van der Waals surface area (Å²) in [5, 5.41) is 3.94. The van der Waals surface area contributed by atoms with E-state index in [4.69, 9.17) is 0 Å². The molecule has 20 heavy (non-hydrogen) atoms. The van der Waals surface area contributed by atoms with Crippen molar-refractivity contribution in [3.05, 3.63) is 24.0 Å². The summed E-state index contributed by atoms with van der Waals surface area (Å²) in [5.41, 5.74) is -0.391. The Labute approximate surface area is 110 Å². The van der Waals surface area contributed by atoms with Crippen LogP contribution in [0.1, 0.15) is 6.42 Å². The van der Waals surface area contributed by atoms with Crippen molar-refractivity contribution in [3.63, 3.8) is 0 Å². The molecular weight excluding hydrogens is 284 g/mol. The third-order valence-corrected chi connectivity index (χ3v) is 2.04. The van der Waals surface area contributed by atoms with Gasteiger partial charge in [-0.2, -0.15) is 13.2 Å². The van der Waals surface area contributed by atoms with Crippen LogP contribution >= 0.6 is 0 Å². The standard InChI is InChI=1S/C11H10F4N2O3/c1-20-10(19)17-8-3-2-6(4-7(8)12)16-9(18)5-11(13,14)15/h2-4H,5H2,1H3,(H,16,18)(H,17,19). The van der Waals surface area contributed by atoms with Gasteiger partial charge in [-0.25, -0.2) is 9.18 Å². The summed E-state index contributed by atoms with van der Waals surface area (Å²) in [4.78, 5) is 21.9. The van der Waals surface area contributed by atoms with E-state index >= 15 is 0 Å². The van der Waals surface area contributed by atoms with Gasteiger partial charge in [0, 0.05) is 5.69 Å². The van der Waals surface area contributed by atoms with Crippen molar-refractivity contribution >= 4 is 23.4 Å². The number of hydrogen-bond acceptors (Lipinski definition) is 3. The van der Waals surface area contributed by atoms with Crippen LogP contribution in [-0.4, -0.2) is 25.3 Å². The van der Waals surface area contributed by atoms with E-state index in [9.17, 15) is 27.2 Å². The fraction of sp³-hybridized carbons (Fsp3) is 0.273. The fourth-order valence-corrected chi connectivity index (χ4v) is 1.24. The van der Waals surface area contributed by atoms with E-state index in [0.717, 1.165) is 25.3 Å². The molecule has 0 unspecified atom stereocenters. The minimum Gasteiger partial charge on any atom is -0.453 e. The van der Waals surface area contributed by atoms with Gasteiger partial charge < -0.3 is 10.1 Å². The van der Waals surface area contributed by atoms with Crippen molar-refractivity contribution in [2.24, 2.45) is 0 Å². The Bertz CT molecular complexity index is 517. The number of carbonyl (C=O) groups excluding carboxylic acids is 2. The maximum atomic E-state index is 13.5. The van der Waals surface area contributed by atoms with Gasteiger partial charge in [-0.05, 0) is 18.2 Å². The first-order valence-electron chi connectivity index (χ1n) is 5.22. The smallest absolute Gasteiger partial charge is 0.411 e. The molecule has 110 valence electrons. The molecule has 2 amide bonds. The van der Waals surface area contributed by atoms with Crippen LogP contribution in [0.25, 0.3) is 0 Å². The minimum absolute atomic E-state index is 0.160. The quantitative estimate of drug-likeness (QED) is 0.842. The largest absolute Gasteiger partial charge is 0.453 e. The number of methoxy groups -OCH3 is 1. The molecule has 0 saturated carbocycles. The van der Waals surface area contributed by atoms with E-state index in [0.29, 0.717) is 0 Å². The molecule has 0 bridgehead atoms. The minimum atomic E-state index is -4.64. The molecule has 0 fully saturated rings. The summed E-state index contributed by atoms with van der Waals surface area (Å²) in [6.45, 7) is 0. The van der Waals surface area contributed by atoms with Crippen LogP contribution in [0.4, 0.5) is 33.7 Å². The highest BCUT2D eigenvalue weighted by atomic mass is 19.4. The Balaban J connectivity index is 2.72. The lowest BCUT2D eigenvalue weighted by atomic mass is 10.2. The summed E-state index contributed by atoms with van der Waals surface area (Å²) in [7, 11) is 1.08. The normalized spacial score (nSPS) is 10.8. The number of ether oxygens (including phenoxy) is 1. The number of anilines is 2. The molecule has 9 heteroatoms. The van der Waals surface area contributed by atoms with Gasteiger partial charge in [-0.15, -0.1) is 0 Å². The van der Waals surface area contributed by atoms with Crippen molar-refractivity contribution in [1.82, 2.24) is 0 Å². The van der Waals surface area contributed by atoms with Crippen LogP contribution in [0, 0.1) is 5.82 Å². The Morgan fingerprint density at radius 1 is 1.25 bits per heavy atom. The monoisotopic (exact) mass is 294 g/mol. The van der Waals surface area contributed by atoms with E-state index in [2.05, 4.69) is 4.74 Å². The lowest BCUT2D eigenvalue weighted by molar-refractivity contribution is -0.150. The number of amides is 2. The lowest BCUT2D eigenvalue weighted by Gasteiger charge is -2.09. The summed E-state index contributed by atoms with van der Waals surface area (Å²) >= 11 is 0. The number of halogens is 4. The highest BCUT2D eigenvalue weighted by Crippen LogP contribution is 2.22. The molecule has 5 nitrogen and oxygen atoms in total. The van der Waals surface area contributed by atoms with Gasteiger partial charge in [0.2, 0.25) is 5.91 Å². The molecule has 0 aromatic heterocycles. The van der Waals surface area contributed by atoms with Gasteiger partial charge in [0.15, 0.2) is 0 Å². The third kappa shape index (κ3) is 5.12. The number of alkyl halides is 3. The van der Waals surface area contributed by atoms with Crippen molar-refractivity contribution in [2.45, 2.75) is 12.6 Å². The van der Waals surface area contributed by atoms with E-state index in [1.807, 2.05) is 10.6 Å². The molecule has 0 radical (unpaired) electrons. The maximum Gasteiger partial charge on any atom is 0.411 e. The van der Waals surface area contributed by atoms with Crippen molar-refractivity contribution in [2.75, 3.05) is 17.7 Å². The summed E-state index contributed by atoms with van der Waals surface area (Å²) in [6.07, 6.45) is -7.22. The van der Waals surface area contributed by atoms with E-state index in [-0.39, 0.29) is 11.4 Å². The SMILES string of the molecule is COC(=O)Nc1ccc(NC(=O)CC(F)(F)F)cc1F. The van der Waals surface area contributed by atoms with Gasteiger partial charge in [0.05, 0.1) is 12.8 Å². The predicted octanol–water partition coefficient (Wildman–Crippen LogP) is 2.89. The first-order valence-corrected chi connectivity index (χ1v) is 5.22. The summed E-state index contributed by atoms with van der Waals surface area (Å²) < 4.78 is 53.6. The molecule has 0 aliphatic heterocycles. The molecule has 0 heterocycles. The van der Waals surface area contributed by atoms with Crippen LogP contribution in [0.15, 0.2) is 18.2 Å². The predicted molar refractivity (Wildman–Crippen MR) is 61.7 cm³/mol. The van der Waals surface area contributed by atoms with Crippen molar-refractivity contribution in [3.8, 4) is 0 Å². The molecule has 0 atom stereocenters. The van der Waals surface area contributed by atoms with Gasteiger partial charge >= 0.3 is 12.3 Å². The Kier molecular flexibility index (Phi) is 4.89. The molecular formula is C11H10F4N2O3. The lowest BCUT2D eigenvalue weighted by Crippen LogP contribution is -2.21. The Hall–Kier alpha value is -2.32. The third-order valence-electron chi connectivity index (χ3n) is 2.04. The second-order valence-electron chi connectivity index (χ2n) is 3.65. The Morgan fingerprint density at radius 3 is 2.40 bits per heavy atom. The zero-order valence-corrected chi connectivity index (χ0v) is 10.2. The second kappa shape index (κ2) is 6.22. The summed E-state index contributed by atoms with van der Waals surface area (Å²) in [5.74, 6) is -2.24. The number of rotatable bonds is 3. The van der Waals surface area contributed by atoms with Crippen molar-refractivity contribution in [1.29, 1.82) is 0 Å². The molecule has 1 aromatic rings. The molecule has 0 spiro atoms. The molecule has 1 aromatic carbocycles. The maximum absolute atomic E-state index is 13.5. The van der Waals surface area contributed by atoms with E-state index in [1.165, 1.54) is 0 Å². The van der Waals surface area contributed by atoms with Gasteiger partial charge in [0.25, 0.3) is 0 Å². The van der Waals surface area contributed by atoms with Crippen LogP contribution in [0.5, 0.6) is 0 Å². The fourth-order valence-electron chi connectivity index (χ4n) is 1.24. The summed E-state index contributed by atoms with van der Waals surface area (Å²) in [6, 6.07) is 3.00. The zero-order valence-electron chi connectivity index (χ0n) is 10.2. The topological polar surface area (TPSA) is 67.4 Å². The molecule has 1 rings (SSSR count). The highest BCUT2D eigenvalue weighted by Gasteiger charge is 2.31. The Morgan fingerprint density at radius 2 is 1.90 bits per heavy atom. The zero-order chi connectivity index (χ0) is 15.3. The average Bonchev–Trinajstić information content (AvgIpc) is 2.29. The molecule has 0 saturated heterocycles. The van der Waals surface area contributed by atoms with E-state index < -0.39 is 30.4 Å². The van der Waals surface area contributed by atoms with Crippen LogP contribution in [-0.2, 0) is 9.53 Å². The molecule has 0 aliphatic carbocycles. The highest BCUT2D eigenvalue weighted by molar-refractivity contribution is 5.92.